The van der Waals surface area contributed by atoms with Gasteiger partial charge in [-0.25, -0.2) is 4.79 Å². The molecule has 0 saturated carbocycles. The zero-order valence-electron chi connectivity index (χ0n) is 31.8. The van der Waals surface area contributed by atoms with Crippen LogP contribution in [-0.2, 0) is 10.3 Å². The number of fused-ring (bicyclic) bond motifs is 6. The van der Waals surface area contributed by atoms with Gasteiger partial charge in [-0.15, -0.1) is 0 Å². The number of carbonyl (C=O) groups excluding carboxylic acids is 1. The molecule has 2 aliphatic heterocycles. The quantitative estimate of drug-likeness (QED) is 0.127. The third kappa shape index (κ3) is 6.01. The highest BCUT2D eigenvalue weighted by Crippen LogP contribution is 2.58. The number of ether oxygens (including phenoxy) is 6. The van der Waals surface area contributed by atoms with E-state index in [4.69, 9.17) is 28.4 Å². The van der Waals surface area contributed by atoms with Crippen molar-refractivity contribution < 1.29 is 33.2 Å². The van der Waals surface area contributed by atoms with Gasteiger partial charge in [-0.3, -0.25) is 0 Å². The summed E-state index contributed by atoms with van der Waals surface area (Å²) in [6.45, 7) is 0. The van der Waals surface area contributed by atoms with Crippen molar-refractivity contribution in [1.82, 2.24) is 0 Å². The Morgan fingerprint density at radius 1 is 0.421 bits per heavy atom. The van der Waals surface area contributed by atoms with Gasteiger partial charge in [-0.2, -0.15) is 0 Å². The summed E-state index contributed by atoms with van der Waals surface area (Å²) in [5.74, 6) is 3.69. The molecule has 9 nitrogen and oxygen atoms in total. The molecule has 282 valence electrons. The molecule has 0 atom stereocenters. The lowest BCUT2D eigenvalue weighted by Gasteiger charge is -2.38. The first-order valence-corrected chi connectivity index (χ1v) is 18.4. The van der Waals surface area contributed by atoms with Crippen LogP contribution in [0.4, 0.5) is 34.1 Å². The fraction of sp³-hybridized carbons (Fsp3) is 0.104. The molecule has 7 aromatic carbocycles. The average molecular weight is 755 g/mol. The van der Waals surface area contributed by atoms with E-state index in [0.29, 0.717) is 17.1 Å². The zero-order valence-corrected chi connectivity index (χ0v) is 31.8. The van der Waals surface area contributed by atoms with Crippen LogP contribution in [0.5, 0.6) is 34.5 Å². The second-order valence-electron chi connectivity index (χ2n) is 13.5. The molecular formula is C48H38N2O7. The van der Waals surface area contributed by atoms with Crippen molar-refractivity contribution in [3.8, 4) is 34.5 Å². The van der Waals surface area contributed by atoms with Crippen molar-refractivity contribution in [1.29, 1.82) is 0 Å². The van der Waals surface area contributed by atoms with E-state index < -0.39 is 11.6 Å². The maximum absolute atomic E-state index is 13.7. The van der Waals surface area contributed by atoms with E-state index in [0.717, 1.165) is 73.8 Å². The molecule has 2 aliphatic rings. The first-order valence-electron chi connectivity index (χ1n) is 18.4. The molecule has 0 unspecified atom stereocenters. The molecule has 0 amide bonds. The van der Waals surface area contributed by atoms with Crippen LogP contribution < -0.4 is 33.5 Å². The van der Waals surface area contributed by atoms with E-state index in [1.54, 1.807) is 28.4 Å². The second-order valence-corrected chi connectivity index (χ2v) is 13.5. The lowest BCUT2D eigenvalue weighted by atomic mass is 9.77. The first kappa shape index (κ1) is 35.3. The van der Waals surface area contributed by atoms with Gasteiger partial charge in [0.15, 0.2) is 5.60 Å². The van der Waals surface area contributed by atoms with E-state index in [2.05, 4.69) is 9.80 Å². The highest BCUT2D eigenvalue weighted by atomic mass is 16.6. The van der Waals surface area contributed by atoms with Gasteiger partial charge in [0.1, 0.15) is 34.5 Å². The van der Waals surface area contributed by atoms with Crippen molar-refractivity contribution in [3.05, 3.63) is 180 Å². The van der Waals surface area contributed by atoms with Crippen molar-refractivity contribution in [2.24, 2.45) is 0 Å². The Morgan fingerprint density at radius 3 is 1.14 bits per heavy atom. The van der Waals surface area contributed by atoms with Crippen molar-refractivity contribution in [2.45, 2.75) is 5.60 Å². The predicted molar refractivity (Wildman–Crippen MR) is 220 cm³/mol. The Kier molecular flexibility index (Phi) is 8.90. The average Bonchev–Trinajstić information content (AvgIpc) is 3.56. The van der Waals surface area contributed by atoms with Crippen LogP contribution in [0.1, 0.15) is 27.0 Å². The van der Waals surface area contributed by atoms with Crippen molar-refractivity contribution in [3.63, 3.8) is 0 Å². The first-order chi connectivity index (χ1) is 27.9. The molecule has 9 rings (SSSR count). The molecule has 0 saturated heterocycles. The highest BCUT2D eigenvalue weighted by molar-refractivity contribution is 5.97. The molecule has 0 aliphatic carbocycles. The van der Waals surface area contributed by atoms with Gasteiger partial charge in [-0.1, -0.05) is 18.2 Å². The fourth-order valence-corrected chi connectivity index (χ4v) is 7.75. The summed E-state index contributed by atoms with van der Waals surface area (Å²) >= 11 is 0. The van der Waals surface area contributed by atoms with Gasteiger partial charge in [-0.05, 0) is 127 Å². The van der Waals surface area contributed by atoms with Crippen LogP contribution in [0.3, 0.4) is 0 Å². The maximum atomic E-state index is 13.7. The summed E-state index contributed by atoms with van der Waals surface area (Å²) in [6, 6.07) is 51.1. The monoisotopic (exact) mass is 754 g/mol. The summed E-state index contributed by atoms with van der Waals surface area (Å²) in [6.07, 6.45) is 0. The molecule has 9 heteroatoms. The van der Waals surface area contributed by atoms with Crippen LogP contribution in [0.25, 0.3) is 0 Å². The minimum Gasteiger partial charge on any atom is -0.497 e. The van der Waals surface area contributed by atoms with Crippen molar-refractivity contribution in [2.75, 3.05) is 38.2 Å². The minimum atomic E-state index is -1.26. The number of carbonyl (C=O) groups is 1. The molecule has 0 radical (unpaired) electrons. The van der Waals surface area contributed by atoms with Crippen molar-refractivity contribution >= 4 is 40.1 Å². The zero-order chi connectivity index (χ0) is 39.1. The fourth-order valence-electron chi connectivity index (χ4n) is 7.75. The number of rotatable bonds is 10. The Morgan fingerprint density at radius 2 is 0.772 bits per heavy atom. The van der Waals surface area contributed by atoms with Crippen LogP contribution in [0, 0.1) is 0 Å². The lowest BCUT2D eigenvalue weighted by Crippen LogP contribution is -2.33. The standard InChI is InChI=1S/C48H38N2O7/c1-52-37-19-9-31(10-20-37)49(32-11-21-38(53-2)22-12-32)35-17-27-43-45(29-35)56-46-30-36(18-28-44(46)48(43)42-8-6-5-7-41(42)47(51)57-48)50(33-13-23-39(54-3)24-14-33)34-15-25-40(55-4)26-16-34/h5-30H,1-4H3. The van der Waals surface area contributed by atoms with Crippen LogP contribution in [-0.4, -0.2) is 34.4 Å². The number of esters is 1. The summed E-state index contributed by atoms with van der Waals surface area (Å²) in [7, 11) is 6.60. The van der Waals surface area contributed by atoms with Gasteiger partial charge in [0.2, 0.25) is 0 Å². The van der Waals surface area contributed by atoms with E-state index in [9.17, 15) is 4.79 Å². The smallest absolute Gasteiger partial charge is 0.340 e. The van der Waals surface area contributed by atoms with Crippen LogP contribution >= 0.6 is 0 Å². The Bertz CT molecular complexity index is 2350. The van der Waals surface area contributed by atoms with E-state index in [1.807, 2.05) is 158 Å². The summed E-state index contributed by atoms with van der Waals surface area (Å²) in [5, 5.41) is 0. The predicted octanol–water partition coefficient (Wildman–Crippen LogP) is 11.2. The SMILES string of the molecule is COc1ccc(N(c2ccc(OC)cc2)c2ccc3c(c2)Oc2cc(N(c4ccc(OC)cc4)c4ccc(OC)cc4)ccc2C32OC(=O)c3ccccc32)cc1. The Labute approximate surface area is 330 Å². The highest BCUT2D eigenvalue weighted by Gasteiger charge is 2.53. The lowest BCUT2D eigenvalue weighted by molar-refractivity contribution is 0.0224. The largest absolute Gasteiger partial charge is 0.497 e. The molecule has 0 bridgehead atoms. The van der Waals surface area contributed by atoms with E-state index >= 15 is 0 Å². The molecule has 2 heterocycles. The molecule has 1 spiro atoms. The molecule has 0 N–H and O–H groups in total. The Hall–Kier alpha value is -7.39. The molecular weight excluding hydrogens is 717 g/mol. The summed E-state index contributed by atoms with van der Waals surface area (Å²) in [4.78, 5) is 18.0. The third-order valence-corrected chi connectivity index (χ3v) is 10.5. The molecule has 0 aromatic heterocycles. The number of nitrogens with zero attached hydrogens (tertiary/aromatic N) is 2. The maximum Gasteiger partial charge on any atom is 0.340 e. The molecule has 0 fully saturated rings. The number of hydrogen-bond acceptors (Lipinski definition) is 9. The van der Waals surface area contributed by atoms with Gasteiger partial charge in [0.25, 0.3) is 0 Å². The number of hydrogen-bond donors (Lipinski definition) is 0. The second kappa shape index (κ2) is 14.4. The number of methoxy groups -OCH3 is 4. The van der Waals surface area contributed by atoms with Gasteiger partial charge >= 0.3 is 5.97 Å². The minimum absolute atomic E-state index is 0.395. The normalized spacial score (nSPS) is 13.0. The van der Waals surface area contributed by atoms with Gasteiger partial charge in [0.05, 0.1) is 34.0 Å². The molecule has 7 aromatic rings. The van der Waals surface area contributed by atoms with Gasteiger partial charge < -0.3 is 38.2 Å². The number of anilines is 6. The number of benzene rings is 7. The third-order valence-electron chi connectivity index (χ3n) is 10.5. The summed E-state index contributed by atoms with van der Waals surface area (Å²) < 4.78 is 35.4. The summed E-state index contributed by atoms with van der Waals surface area (Å²) in [5.41, 5.74) is 6.72. The van der Waals surface area contributed by atoms with Crippen LogP contribution in [0.2, 0.25) is 0 Å². The van der Waals surface area contributed by atoms with E-state index in [1.165, 1.54) is 0 Å². The molecule has 57 heavy (non-hydrogen) atoms. The Balaban J connectivity index is 1.23. The van der Waals surface area contributed by atoms with Crippen LogP contribution in [0.15, 0.2) is 158 Å². The van der Waals surface area contributed by atoms with Gasteiger partial charge in [0, 0.05) is 62.9 Å². The topological polar surface area (TPSA) is 78.9 Å². The van der Waals surface area contributed by atoms with E-state index in [-0.39, 0.29) is 0 Å².